The minimum absolute atomic E-state index is 0.177. The van der Waals surface area contributed by atoms with Gasteiger partial charge in [0.25, 0.3) is 0 Å². The zero-order valence-electron chi connectivity index (χ0n) is 18.3. The van der Waals surface area contributed by atoms with Gasteiger partial charge < -0.3 is 9.64 Å². The summed E-state index contributed by atoms with van der Waals surface area (Å²) in [6.07, 6.45) is 8.30. The van der Waals surface area contributed by atoms with Crippen LogP contribution < -0.4 is 0 Å². The highest BCUT2D eigenvalue weighted by atomic mass is 19.1. The van der Waals surface area contributed by atoms with E-state index in [-0.39, 0.29) is 17.6 Å². The van der Waals surface area contributed by atoms with Gasteiger partial charge in [0, 0.05) is 36.8 Å². The Morgan fingerprint density at radius 1 is 1.12 bits per heavy atom. The second kappa shape index (κ2) is 8.99. The van der Waals surface area contributed by atoms with E-state index in [1.54, 1.807) is 12.1 Å². The van der Waals surface area contributed by atoms with Crippen LogP contribution in [0.1, 0.15) is 36.8 Å². The molecule has 1 saturated heterocycles. The summed E-state index contributed by atoms with van der Waals surface area (Å²) in [4.78, 5) is 20.3. The maximum Gasteiger partial charge on any atom is 0.233 e. The van der Waals surface area contributed by atoms with E-state index in [1.165, 1.54) is 23.1 Å². The molecule has 1 saturated carbocycles. The average molecular weight is 433 g/mol. The van der Waals surface area contributed by atoms with Crippen LogP contribution in [0.15, 0.2) is 60.9 Å². The largest absolute Gasteiger partial charge is 0.379 e. The van der Waals surface area contributed by atoms with Gasteiger partial charge in [-0.25, -0.2) is 4.39 Å². The van der Waals surface area contributed by atoms with Crippen molar-refractivity contribution >= 4 is 16.7 Å². The van der Waals surface area contributed by atoms with Gasteiger partial charge in [0.15, 0.2) is 0 Å². The topological polar surface area (TPSA) is 42.4 Å². The number of aromatic nitrogens is 1. The van der Waals surface area contributed by atoms with Crippen molar-refractivity contribution in [3.05, 3.63) is 77.9 Å². The Morgan fingerprint density at radius 3 is 2.75 bits per heavy atom. The standard InChI is InChI=1S/C27H29FN2O2/c28-24-8-6-23(7-9-24)27(11-1-2-12-27)26(31)30-14-15-32-19-20(18-30)16-22-5-3-4-21-10-13-29-17-25(21)22/h3-10,13,17,20H,1-2,11-12,14-16,18-19H2. The Morgan fingerprint density at radius 2 is 1.94 bits per heavy atom. The summed E-state index contributed by atoms with van der Waals surface area (Å²) in [5.74, 6) is 0.137. The van der Waals surface area contributed by atoms with Crippen LogP contribution >= 0.6 is 0 Å². The van der Waals surface area contributed by atoms with Crippen molar-refractivity contribution in [2.24, 2.45) is 5.92 Å². The number of carbonyl (C=O) groups is 1. The fraction of sp³-hybridized carbons (Fsp3) is 0.407. The van der Waals surface area contributed by atoms with E-state index >= 15 is 0 Å². The Bertz CT molecular complexity index is 1090. The molecule has 2 aliphatic rings. The van der Waals surface area contributed by atoms with Gasteiger partial charge in [-0.3, -0.25) is 9.78 Å². The maximum absolute atomic E-state index is 13.9. The summed E-state index contributed by atoms with van der Waals surface area (Å²) in [6.45, 7) is 2.48. The number of carbonyl (C=O) groups excluding carboxylic acids is 1. The van der Waals surface area contributed by atoms with Gasteiger partial charge >= 0.3 is 0 Å². The molecule has 32 heavy (non-hydrogen) atoms. The lowest BCUT2D eigenvalue weighted by Crippen LogP contribution is -2.47. The molecule has 0 N–H and O–H groups in total. The lowest BCUT2D eigenvalue weighted by Gasteiger charge is -2.35. The van der Waals surface area contributed by atoms with Gasteiger partial charge in [-0.05, 0) is 54.0 Å². The second-order valence-corrected chi connectivity index (χ2v) is 9.21. The molecule has 4 nitrogen and oxygen atoms in total. The molecule has 1 aliphatic carbocycles. The fourth-order valence-corrected chi connectivity index (χ4v) is 5.53. The van der Waals surface area contributed by atoms with Crippen LogP contribution in [0.4, 0.5) is 4.39 Å². The molecule has 1 aromatic heterocycles. The van der Waals surface area contributed by atoms with Crippen molar-refractivity contribution in [1.82, 2.24) is 9.88 Å². The van der Waals surface area contributed by atoms with Crippen LogP contribution in [0.5, 0.6) is 0 Å². The predicted molar refractivity (Wildman–Crippen MR) is 123 cm³/mol. The molecule has 1 aliphatic heterocycles. The van der Waals surface area contributed by atoms with E-state index < -0.39 is 5.41 Å². The Hall–Kier alpha value is -2.79. The second-order valence-electron chi connectivity index (χ2n) is 9.21. The molecular weight excluding hydrogens is 403 g/mol. The van der Waals surface area contributed by atoms with Gasteiger partial charge in [0.2, 0.25) is 5.91 Å². The fourth-order valence-electron chi connectivity index (χ4n) is 5.53. The molecule has 0 spiro atoms. The van der Waals surface area contributed by atoms with Crippen LogP contribution in [0.3, 0.4) is 0 Å². The first-order valence-corrected chi connectivity index (χ1v) is 11.6. The number of hydrogen-bond acceptors (Lipinski definition) is 3. The third-order valence-electron chi connectivity index (χ3n) is 7.17. The number of halogens is 1. The lowest BCUT2D eigenvalue weighted by molar-refractivity contribution is -0.137. The Kier molecular flexibility index (Phi) is 5.92. The minimum atomic E-state index is -0.536. The molecule has 5 heteroatoms. The zero-order chi connectivity index (χ0) is 22.0. The molecule has 5 rings (SSSR count). The number of rotatable bonds is 4. The number of benzene rings is 2. The summed E-state index contributed by atoms with van der Waals surface area (Å²) in [5, 5.41) is 2.34. The van der Waals surface area contributed by atoms with Crippen LogP contribution in [0, 0.1) is 11.7 Å². The number of pyridine rings is 1. The predicted octanol–water partition coefficient (Wildman–Crippen LogP) is 4.90. The van der Waals surface area contributed by atoms with Gasteiger partial charge in [0.05, 0.1) is 18.6 Å². The number of hydrogen-bond donors (Lipinski definition) is 0. The molecule has 2 fully saturated rings. The van der Waals surface area contributed by atoms with Crippen molar-refractivity contribution < 1.29 is 13.9 Å². The van der Waals surface area contributed by atoms with Gasteiger partial charge in [-0.15, -0.1) is 0 Å². The molecule has 2 heterocycles. The number of nitrogens with zero attached hydrogens (tertiary/aromatic N) is 2. The minimum Gasteiger partial charge on any atom is -0.379 e. The van der Waals surface area contributed by atoms with E-state index in [4.69, 9.17) is 4.74 Å². The molecule has 1 unspecified atom stereocenters. The maximum atomic E-state index is 13.9. The quantitative estimate of drug-likeness (QED) is 0.589. The zero-order valence-corrected chi connectivity index (χ0v) is 18.3. The van der Waals surface area contributed by atoms with Gasteiger partial charge in [-0.2, -0.15) is 0 Å². The summed E-state index contributed by atoms with van der Waals surface area (Å²) in [7, 11) is 0. The molecular formula is C27H29FN2O2. The van der Waals surface area contributed by atoms with E-state index in [9.17, 15) is 9.18 Å². The van der Waals surface area contributed by atoms with E-state index in [0.717, 1.165) is 43.1 Å². The Labute approximate surface area is 188 Å². The molecule has 1 amide bonds. The monoisotopic (exact) mass is 432 g/mol. The smallest absolute Gasteiger partial charge is 0.233 e. The van der Waals surface area contributed by atoms with Crippen LogP contribution in [-0.2, 0) is 21.4 Å². The molecule has 3 aromatic rings. The molecule has 1 atom stereocenters. The van der Waals surface area contributed by atoms with Gasteiger partial charge in [0.1, 0.15) is 5.82 Å². The molecule has 166 valence electrons. The summed E-state index contributed by atoms with van der Waals surface area (Å²) in [5.41, 5.74) is 1.65. The summed E-state index contributed by atoms with van der Waals surface area (Å²) < 4.78 is 19.5. The molecule has 0 radical (unpaired) electrons. The van der Waals surface area contributed by atoms with E-state index in [0.29, 0.717) is 26.3 Å². The normalized spacial score (nSPS) is 20.9. The van der Waals surface area contributed by atoms with Crippen molar-refractivity contribution in [3.63, 3.8) is 0 Å². The molecule has 2 aromatic carbocycles. The average Bonchev–Trinajstić information content (AvgIpc) is 3.21. The summed E-state index contributed by atoms with van der Waals surface area (Å²) >= 11 is 0. The first kappa shape index (κ1) is 21.1. The van der Waals surface area contributed by atoms with Crippen molar-refractivity contribution in [3.8, 4) is 0 Å². The number of fused-ring (bicyclic) bond motifs is 1. The lowest BCUT2D eigenvalue weighted by atomic mass is 9.77. The highest BCUT2D eigenvalue weighted by molar-refractivity contribution is 5.89. The van der Waals surface area contributed by atoms with Crippen LogP contribution in [0.25, 0.3) is 10.8 Å². The summed E-state index contributed by atoms with van der Waals surface area (Å²) in [6, 6.07) is 14.9. The van der Waals surface area contributed by atoms with Crippen molar-refractivity contribution in [1.29, 1.82) is 0 Å². The number of ether oxygens (including phenoxy) is 1. The Balaban J connectivity index is 1.39. The van der Waals surface area contributed by atoms with Gasteiger partial charge in [-0.1, -0.05) is 43.2 Å². The SMILES string of the molecule is O=C(N1CCOCC(Cc2cccc3ccncc23)C1)C1(c2ccc(F)cc2)CCCC1. The molecule has 0 bridgehead atoms. The van der Waals surface area contributed by atoms with Crippen LogP contribution in [0.2, 0.25) is 0 Å². The third-order valence-corrected chi connectivity index (χ3v) is 7.17. The van der Waals surface area contributed by atoms with Crippen molar-refractivity contribution in [2.75, 3.05) is 26.3 Å². The van der Waals surface area contributed by atoms with E-state index in [2.05, 4.69) is 23.2 Å². The highest BCUT2D eigenvalue weighted by Crippen LogP contribution is 2.43. The number of amides is 1. The first-order valence-electron chi connectivity index (χ1n) is 11.6. The third kappa shape index (κ3) is 4.02. The highest BCUT2D eigenvalue weighted by Gasteiger charge is 2.45. The van der Waals surface area contributed by atoms with Crippen LogP contribution in [-0.4, -0.2) is 42.1 Å². The van der Waals surface area contributed by atoms with E-state index in [1.807, 2.05) is 23.4 Å². The first-order chi connectivity index (χ1) is 15.7. The van der Waals surface area contributed by atoms with Crippen molar-refractivity contribution in [2.45, 2.75) is 37.5 Å².